The molecular weight excluding hydrogens is 430 g/mol. The van der Waals surface area contributed by atoms with Crippen molar-refractivity contribution in [2.45, 2.75) is 33.1 Å². The van der Waals surface area contributed by atoms with Crippen LogP contribution in [0.15, 0.2) is 30.3 Å². The number of rotatable bonds is 6. The molecule has 0 aliphatic rings. The van der Waals surface area contributed by atoms with E-state index >= 15 is 0 Å². The third-order valence-corrected chi connectivity index (χ3v) is 5.71. The fourth-order valence-corrected chi connectivity index (χ4v) is 3.69. The molecule has 0 saturated carbocycles. The number of halogens is 3. The maximum atomic E-state index is 14.8. The molecule has 158 valence electrons. The highest BCUT2D eigenvalue weighted by molar-refractivity contribution is 6.42. The molecule has 0 atom stereocenters. The Morgan fingerprint density at radius 1 is 1.17 bits per heavy atom. The largest absolute Gasteiger partial charge is 0.505 e. The van der Waals surface area contributed by atoms with E-state index in [1.165, 1.54) is 34.9 Å². The average Bonchev–Trinajstić information content (AvgIpc) is 2.98. The van der Waals surface area contributed by atoms with Crippen LogP contribution in [0.2, 0.25) is 10.0 Å². The van der Waals surface area contributed by atoms with Crippen LogP contribution in [-0.2, 0) is 11.2 Å². The monoisotopic (exact) mass is 450 g/mol. The average molecular weight is 451 g/mol. The maximum Gasteiger partial charge on any atom is 0.262 e. The lowest BCUT2D eigenvalue weighted by atomic mass is 10.1. The number of phenolic OH excluding ortho intramolecular Hbond substituents is 1. The first kappa shape index (κ1) is 22.1. The van der Waals surface area contributed by atoms with Gasteiger partial charge in [0.25, 0.3) is 5.91 Å². The first-order valence-corrected chi connectivity index (χ1v) is 10.3. The van der Waals surface area contributed by atoms with Crippen molar-refractivity contribution >= 4 is 45.9 Å². The summed E-state index contributed by atoms with van der Waals surface area (Å²) in [5.41, 5.74) is 1.28. The molecule has 0 fully saturated rings. The zero-order chi connectivity index (χ0) is 22.0. The van der Waals surface area contributed by atoms with Gasteiger partial charge in [-0.1, -0.05) is 36.5 Å². The van der Waals surface area contributed by atoms with Gasteiger partial charge >= 0.3 is 0 Å². The fourth-order valence-electron chi connectivity index (χ4n) is 3.39. The van der Waals surface area contributed by atoms with E-state index in [9.17, 15) is 19.1 Å². The van der Waals surface area contributed by atoms with Crippen LogP contribution >= 0.6 is 23.2 Å². The van der Waals surface area contributed by atoms with Crippen LogP contribution in [-0.4, -0.2) is 28.0 Å². The second kappa shape index (κ2) is 9.06. The van der Waals surface area contributed by atoms with Crippen molar-refractivity contribution in [3.63, 3.8) is 0 Å². The van der Waals surface area contributed by atoms with E-state index in [0.717, 1.165) is 12.8 Å². The summed E-state index contributed by atoms with van der Waals surface area (Å²) in [6.45, 7) is 4.17. The molecule has 0 bridgehead atoms. The molecule has 2 N–H and O–H groups in total. The minimum absolute atomic E-state index is 0.0477. The molecule has 1 aromatic heterocycles. The van der Waals surface area contributed by atoms with Gasteiger partial charge in [0.2, 0.25) is 5.91 Å². The number of unbranched alkanes of at least 4 members (excludes halogenated alkanes) is 1. The summed E-state index contributed by atoms with van der Waals surface area (Å²) >= 11 is 12.0. The minimum atomic E-state index is -0.868. The van der Waals surface area contributed by atoms with Gasteiger partial charge in [-0.2, -0.15) is 0 Å². The van der Waals surface area contributed by atoms with Gasteiger partial charge in [0.1, 0.15) is 0 Å². The number of aromatic nitrogens is 1. The highest BCUT2D eigenvalue weighted by Gasteiger charge is 2.25. The molecule has 0 spiro atoms. The number of carbonyl (C=O) groups is 2. The van der Waals surface area contributed by atoms with Gasteiger partial charge in [-0.3, -0.25) is 14.2 Å². The fraction of sp³-hybridized carbons (Fsp3) is 0.273. The van der Waals surface area contributed by atoms with Crippen LogP contribution in [0.4, 0.5) is 4.39 Å². The molecule has 1 amide bonds. The standard InChI is InChI=1S/C22H21Cl2FN2O3/c1-3-4-9-26-19(29)11-14-12(2)27(17-7-8-18(28)21(25)20(14)17)22(30)13-5-6-15(23)16(24)10-13/h5-8,10,28H,3-4,9,11H2,1-2H3,(H,26,29). The predicted molar refractivity (Wildman–Crippen MR) is 116 cm³/mol. The lowest BCUT2D eigenvalue weighted by Gasteiger charge is -2.09. The summed E-state index contributed by atoms with van der Waals surface area (Å²) in [5.74, 6) is -2.14. The number of amides is 1. The molecule has 30 heavy (non-hydrogen) atoms. The number of nitrogens with one attached hydrogen (secondary N) is 1. The SMILES string of the molecule is CCCCNC(=O)Cc1c(C)n(C(=O)c2ccc(Cl)c(Cl)c2)c2ccc(O)c(F)c12. The maximum absolute atomic E-state index is 14.8. The molecule has 1 heterocycles. The minimum Gasteiger partial charge on any atom is -0.505 e. The van der Waals surface area contributed by atoms with Gasteiger partial charge in [-0.05, 0) is 49.2 Å². The number of carbonyl (C=O) groups excluding carboxylic acids is 2. The van der Waals surface area contributed by atoms with Gasteiger partial charge in [-0.25, -0.2) is 4.39 Å². The predicted octanol–water partition coefficient (Wildman–Crippen LogP) is 5.25. The lowest BCUT2D eigenvalue weighted by Crippen LogP contribution is -2.26. The Labute approximate surface area is 183 Å². The molecule has 5 nitrogen and oxygen atoms in total. The Hall–Kier alpha value is -2.57. The van der Waals surface area contributed by atoms with E-state index in [0.29, 0.717) is 22.8 Å². The van der Waals surface area contributed by atoms with Gasteiger partial charge in [0.05, 0.1) is 22.0 Å². The zero-order valence-corrected chi connectivity index (χ0v) is 18.1. The van der Waals surface area contributed by atoms with E-state index in [4.69, 9.17) is 23.2 Å². The topological polar surface area (TPSA) is 71.3 Å². The van der Waals surface area contributed by atoms with Crippen LogP contribution in [0.3, 0.4) is 0 Å². The van der Waals surface area contributed by atoms with Gasteiger partial charge in [-0.15, -0.1) is 0 Å². The quantitative estimate of drug-likeness (QED) is 0.503. The van der Waals surface area contributed by atoms with Gasteiger partial charge < -0.3 is 10.4 Å². The summed E-state index contributed by atoms with van der Waals surface area (Å²) in [5, 5.41) is 13.2. The van der Waals surface area contributed by atoms with Crippen molar-refractivity contribution in [2.24, 2.45) is 0 Å². The Morgan fingerprint density at radius 3 is 2.57 bits per heavy atom. The van der Waals surface area contributed by atoms with Crippen molar-refractivity contribution in [1.82, 2.24) is 9.88 Å². The number of nitrogens with zero attached hydrogens (tertiary/aromatic N) is 1. The van der Waals surface area contributed by atoms with Crippen LogP contribution in [0.1, 0.15) is 41.4 Å². The second-order valence-electron chi connectivity index (χ2n) is 7.01. The zero-order valence-electron chi connectivity index (χ0n) is 16.6. The van der Waals surface area contributed by atoms with Gasteiger partial charge in [0, 0.05) is 23.2 Å². The summed E-state index contributed by atoms with van der Waals surface area (Å²) in [7, 11) is 0. The van der Waals surface area contributed by atoms with Crippen molar-refractivity contribution in [3.8, 4) is 5.75 Å². The number of hydrogen-bond acceptors (Lipinski definition) is 3. The molecule has 8 heteroatoms. The summed E-state index contributed by atoms with van der Waals surface area (Å²) in [6.07, 6.45) is 1.64. The second-order valence-corrected chi connectivity index (χ2v) is 7.82. The van der Waals surface area contributed by atoms with Crippen LogP contribution < -0.4 is 5.32 Å². The number of hydrogen-bond donors (Lipinski definition) is 2. The van der Waals surface area contributed by atoms with Crippen molar-refractivity contribution in [1.29, 1.82) is 0 Å². The van der Waals surface area contributed by atoms with Crippen LogP contribution in [0, 0.1) is 12.7 Å². The normalized spacial score (nSPS) is 11.1. The molecule has 0 radical (unpaired) electrons. The van der Waals surface area contributed by atoms with Crippen molar-refractivity contribution in [2.75, 3.05) is 6.54 Å². The van der Waals surface area contributed by atoms with Gasteiger partial charge in [0.15, 0.2) is 11.6 Å². The van der Waals surface area contributed by atoms with E-state index in [-0.39, 0.29) is 33.8 Å². The van der Waals surface area contributed by atoms with E-state index < -0.39 is 17.5 Å². The first-order valence-electron chi connectivity index (χ1n) is 9.54. The number of fused-ring (bicyclic) bond motifs is 1. The van der Waals surface area contributed by atoms with E-state index in [1.807, 2.05) is 6.92 Å². The number of phenols is 1. The van der Waals surface area contributed by atoms with Crippen molar-refractivity contribution in [3.05, 3.63) is 63.0 Å². The van der Waals surface area contributed by atoms with Crippen molar-refractivity contribution < 1.29 is 19.1 Å². The van der Waals surface area contributed by atoms with Crippen LogP contribution in [0.25, 0.3) is 10.9 Å². The highest BCUT2D eigenvalue weighted by atomic mass is 35.5. The lowest BCUT2D eigenvalue weighted by molar-refractivity contribution is -0.120. The van der Waals surface area contributed by atoms with E-state index in [1.54, 1.807) is 6.92 Å². The summed E-state index contributed by atoms with van der Waals surface area (Å²) in [4.78, 5) is 25.6. The molecule has 2 aromatic carbocycles. The summed E-state index contributed by atoms with van der Waals surface area (Å²) in [6, 6.07) is 7.10. The molecule has 0 unspecified atom stereocenters. The van der Waals surface area contributed by atoms with E-state index in [2.05, 4.69) is 5.32 Å². The highest BCUT2D eigenvalue weighted by Crippen LogP contribution is 2.34. The Kier molecular flexibility index (Phi) is 6.68. The third kappa shape index (κ3) is 4.16. The first-order chi connectivity index (χ1) is 14.3. The smallest absolute Gasteiger partial charge is 0.262 e. The van der Waals surface area contributed by atoms with Crippen LogP contribution in [0.5, 0.6) is 5.75 Å². The number of benzene rings is 2. The molecule has 0 aliphatic carbocycles. The third-order valence-electron chi connectivity index (χ3n) is 4.97. The molecule has 0 saturated heterocycles. The molecule has 3 aromatic rings. The molecule has 0 aliphatic heterocycles. The Morgan fingerprint density at radius 2 is 1.90 bits per heavy atom. The molecule has 3 rings (SSSR count). The Balaban J connectivity index is 2.12. The Bertz CT molecular complexity index is 1140. The number of aromatic hydroxyl groups is 1. The molecular formula is C22H21Cl2FN2O3. The summed E-state index contributed by atoms with van der Waals surface area (Å²) < 4.78 is 16.2.